The van der Waals surface area contributed by atoms with Gasteiger partial charge in [0.15, 0.2) is 0 Å². The van der Waals surface area contributed by atoms with E-state index in [9.17, 15) is 10.1 Å². The number of aromatic nitrogens is 1. The van der Waals surface area contributed by atoms with Crippen molar-refractivity contribution in [1.29, 1.82) is 5.26 Å². The highest BCUT2D eigenvalue weighted by molar-refractivity contribution is 14.1. The summed E-state index contributed by atoms with van der Waals surface area (Å²) in [5, 5.41) is 10.2. The van der Waals surface area contributed by atoms with Gasteiger partial charge in [0.05, 0.1) is 7.14 Å². The molecule has 5 nitrogen and oxygen atoms in total. The van der Waals surface area contributed by atoms with Crippen LogP contribution < -0.4 is 10.2 Å². The molecule has 2 aromatic carbocycles. The number of halogens is 3. The number of rotatable bonds is 6. The standard InChI is InChI=1S/C23H18ClI2N3O2/c1-14-7-8-15(2)29(14)28-23(30)18(12-27)9-16-10-20(25)22(21(26)11-16)31-13-17-5-3-4-6-19(17)24/h3-11H,13H2,1-2H3,(H,28,30)/b18-9-. The van der Waals surface area contributed by atoms with Crippen molar-refractivity contribution in [3.05, 3.63) is 88.8 Å². The summed E-state index contributed by atoms with van der Waals surface area (Å²) in [6.45, 7) is 4.12. The third-order valence-corrected chi connectivity index (χ3v) is 6.48. The van der Waals surface area contributed by atoms with Crippen molar-refractivity contribution in [3.63, 3.8) is 0 Å². The Labute approximate surface area is 213 Å². The maximum absolute atomic E-state index is 12.6. The van der Waals surface area contributed by atoms with Crippen LogP contribution in [0, 0.1) is 32.3 Å². The zero-order valence-electron chi connectivity index (χ0n) is 16.7. The number of nitrogens with one attached hydrogen (secondary N) is 1. The second-order valence-electron chi connectivity index (χ2n) is 6.76. The third-order valence-electron chi connectivity index (χ3n) is 4.51. The van der Waals surface area contributed by atoms with E-state index in [1.807, 2.05) is 68.4 Å². The van der Waals surface area contributed by atoms with E-state index in [-0.39, 0.29) is 5.57 Å². The Balaban J connectivity index is 1.80. The number of hydrogen-bond acceptors (Lipinski definition) is 3. The minimum atomic E-state index is -0.464. The van der Waals surface area contributed by atoms with Gasteiger partial charge in [0.1, 0.15) is 24.0 Å². The van der Waals surface area contributed by atoms with E-state index in [2.05, 4.69) is 50.6 Å². The SMILES string of the molecule is Cc1ccc(C)n1NC(=O)/C(C#N)=C\c1cc(I)c(OCc2ccccc2Cl)c(I)c1. The van der Waals surface area contributed by atoms with Gasteiger partial charge in [-0.05, 0) is 101 Å². The lowest BCUT2D eigenvalue weighted by Gasteiger charge is -2.13. The van der Waals surface area contributed by atoms with E-state index in [1.165, 1.54) is 0 Å². The van der Waals surface area contributed by atoms with Gasteiger partial charge in [-0.25, -0.2) is 0 Å². The first-order valence-corrected chi connectivity index (χ1v) is 11.8. The van der Waals surface area contributed by atoms with E-state index in [0.29, 0.717) is 11.6 Å². The van der Waals surface area contributed by atoms with Crippen LogP contribution in [0.1, 0.15) is 22.5 Å². The molecular weight excluding hydrogens is 640 g/mol. The van der Waals surface area contributed by atoms with Crippen LogP contribution in [0.2, 0.25) is 5.02 Å². The lowest BCUT2D eigenvalue weighted by molar-refractivity contribution is -0.113. The highest BCUT2D eigenvalue weighted by Gasteiger charge is 2.14. The lowest BCUT2D eigenvalue weighted by atomic mass is 10.1. The minimum absolute atomic E-state index is 0.0174. The fraction of sp³-hybridized carbons (Fsp3) is 0.130. The van der Waals surface area contributed by atoms with Crippen LogP contribution in [-0.2, 0) is 11.4 Å². The molecule has 0 bridgehead atoms. The van der Waals surface area contributed by atoms with E-state index >= 15 is 0 Å². The number of amides is 1. The average molecular weight is 658 g/mol. The molecule has 8 heteroatoms. The molecule has 1 heterocycles. The summed E-state index contributed by atoms with van der Waals surface area (Å²) in [6.07, 6.45) is 1.58. The van der Waals surface area contributed by atoms with Crippen molar-refractivity contribution >= 4 is 68.8 Å². The average Bonchev–Trinajstić information content (AvgIpc) is 3.04. The van der Waals surface area contributed by atoms with Gasteiger partial charge in [-0.2, -0.15) is 5.26 Å². The Hall–Kier alpha value is -2.03. The largest absolute Gasteiger partial charge is 0.487 e. The van der Waals surface area contributed by atoms with Gasteiger partial charge in [-0.3, -0.25) is 14.9 Å². The van der Waals surface area contributed by atoms with E-state index in [4.69, 9.17) is 16.3 Å². The molecule has 0 aliphatic rings. The van der Waals surface area contributed by atoms with Crippen LogP contribution in [0.5, 0.6) is 5.75 Å². The highest BCUT2D eigenvalue weighted by atomic mass is 127. The zero-order chi connectivity index (χ0) is 22.5. The van der Waals surface area contributed by atoms with Gasteiger partial charge in [-0.15, -0.1) is 0 Å². The molecule has 0 aliphatic carbocycles. The summed E-state index contributed by atoms with van der Waals surface area (Å²) < 4.78 is 9.40. The molecule has 1 N–H and O–H groups in total. The Kier molecular flexibility index (Phi) is 8.02. The summed E-state index contributed by atoms with van der Waals surface area (Å²) in [6, 6.07) is 17.1. The number of benzene rings is 2. The zero-order valence-corrected chi connectivity index (χ0v) is 21.8. The van der Waals surface area contributed by atoms with Crippen LogP contribution >= 0.6 is 56.8 Å². The molecule has 0 aliphatic heterocycles. The molecule has 0 radical (unpaired) electrons. The van der Waals surface area contributed by atoms with Crippen LogP contribution in [0.3, 0.4) is 0 Å². The maximum atomic E-state index is 12.6. The van der Waals surface area contributed by atoms with Gasteiger partial charge < -0.3 is 4.74 Å². The molecule has 158 valence electrons. The Morgan fingerprint density at radius 3 is 2.35 bits per heavy atom. The van der Waals surface area contributed by atoms with Gasteiger partial charge in [0.25, 0.3) is 5.91 Å². The molecule has 0 atom stereocenters. The van der Waals surface area contributed by atoms with Gasteiger partial charge in [0.2, 0.25) is 0 Å². The molecule has 3 aromatic rings. The fourth-order valence-electron chi connectivity index (χ4n) is 2.89. The molecule has 1 amide bonds. The van der Waals surface area contributed by atoms with Gasteiger partial charge in [-0.1, -0.05) is 29.8 Å². The summed E-state index contributed by atoms with van der Waals surface area (Å²) in [5.74, 6) is 0.272. The molecular formula is C23H18ClI2N3O2. The monoisotopic (exact) mass is 657 g/mol. The summed E-state index contributed by atoms with van der Waals surface area (Å²) in [4.78, 5) is 12.6. The molecule has 1 aromatic heterocycles. The molecule has 0 unspecified atom stereocenters. The first-order chi connectivity index (χ1) is 14.8. The second kappa shape index (κ2) is 10.5. The van der Waals surface area contributed by atoms with Crippen LogP contribution in [0.4, 0.5) is 0 Å². The molecule has 0 spiro atoms. The van der Waals surface area contributed by atoms with Crippen LogP contribution in [0.15, 0.2) is 54.1 Å². The van der Waals surface area contributed by atoms with Gasteiger partial charge in [0, 0.05) is 22.0 Å². The maximum Gasteiger partial charge on any atom is 0.280 e. The van der Waals surface area contributed by atoms with Crippen molar-refractivity contribution < 1.29 is 9.53 Å². The van der Waals surface area contributed by atoms with Crippen LogP contribution in [-0.4, -0.2) is 10.6 Å². The number of hydrogen-bond donors (Lipinski definition) is 1. The quantitative estimate of drug-likeness (QED) is 0.195. The number of aryl methyl sites for hydroxylation is 2. The molecule has 0 fully saturated rings. The number of nitrogens with zero attached hydrogens (tertiary/aromatic N) is 2. The Morgan fingerprint density at radius 2 is 1.77 bits per heavy atom. The second-order valence-corrected chi connectivity index (χ2v) is 9.49. The van der Waals surface area contributed by atoms with Crippen molar-refractivity contribution in [2.75, 3.05) is 5.43 Å². The summed E-state index contributed by atoms with van der Waals surface area (Å²) >= 11 is 10.6. The number of ether oxygens (including phenoxy) is 1. The van der Waals surface area contributed by atoms with Crippen molar-refractivity contribution in [2.45, 2.75) is 20.5 Å². The van der Waals surface area contributed by atoms with Crippen LogP contribution in [0.25, 0.3) is 6.08 Å². The topological polar surface area (TPSA) is 67.0 Å². The Morgan fingerprint density at radius 1 is 1.16 bits per heavy atom. The predicted octanol–water partition coefficient (Wildman–Crippen LogP) is 6.22. The van der Waals surface area contributed by atoms with Crippen molar-refractivity contribution in [1.82, 2.24) is 4.68 Å². The molecule has 0 saturated heterocycles. The Bertz CT molecular complexity index is 1170. The first kappa shape index (κ1) is 23.6. The van der Waals surface area contributed by atoms with E-state index in [0.717, 1.165) is 35.4 Å². The van der Waals surface area contributed by atoms with Crippen molar-refractivity contribution in [2.24, 2.45) is 0 Å². The van der Waals surface area contributed by atoms with Gasteiger partial charge >= 0.3 is 0 Å². The highest BCUT2D eigenvalue weighted by Crippen LogP contribution is 2.31. The lowest BCUT2D eigenvalue weighted by Crippen LogP contribution is -2.25. The fourth-order valence-corrected chi connectivity index (χ4v) is 5.21. The summed E-state index contributed by atoms with van der Waals surface area (Å²) in [7, 11) is 0. The normalized spacial score (nSPS) is 11.2. The number of carbonyl (C=O) groups is 1. The molecule has 0 saturated carbocycles. The number of carbonyl (C=O) groups excluding carboxylic acids is 1. The molecule has 31 heavy (non-hydrogen) atoms. The third kappa shape index (κ3) is 5.81. The smallest absolute Gasteiger partial charge is 0.280 e. The minimum Gasteiger partial charge on any atom is -0.487 e. The number of nitriles is 1. The summed E-state index contributed by atoms with van der Waals surface area (Å²) in [5.41, 5.74) is 6.18. The van der Waals surface area contributed by atoms with Crippen molar-refractivity contribution in [3.8, 4) is 11.8 Å². The van der Waals surface area contributed by atoms with E-state index < -0.39 is 5.91 Å². The molecule has 3 rings (SSSR count). The first-order valence-electron chi connectivity index (χ1n) is 9.23. The predicted molar refractivity (Wildman–Crippen MR) is 140 cm³/mol. The van der Waals surface area contributed by atoms with E-state index in [1.54, 1.807) is 10.8 Å².